The highest BCUT2D eigenvalue weighted by Gasteiger charge is 2.27. The number of rotatable bonds is 11. The van der Waals surface area contributed by atoms with E-state index >= 15 is 0 Å². The number of allylic oxidation sites excluding steroid dienone is 3. The first-order valence-corrected chi connectivity index (χ1v) is 12.5. The Morgan fingerprint density at radius 2 is 2.00 bits per heavy atom. The smallest absolute Gasteiger partial charge is 0.389 e. The summed E-state index contributed by atoms with van der Waals surface area (Å²) in [6.45, 7) is 2.40. The summed E-state index contributed by atoms with van der Waals surface area (Å²) in [6, 6.07) is 3.29. The van der Waals surface area contributed by atoms with Crippen molar-refractivity contribution in [3.63, 3.8) is 0 Å². The number of hydrogen-bond acceptors (Lipinski definition) is 7. The molecule has 0 aliphatic rings. The molecule has 2 aromatic heterocycles. The Kier molecular flexibility index (Phi) is 10.9. The highest BCUT2D eigenvalue weighted by molar-refractivity contribution is 7.84. The summed E-state index contributed by atoms with van der Waals surface area (Å²) in [5, 5.41) is 14.9. The number of nitrogens with one attached hydrogen (secondary N) is 2. The molecule has 0 aromatic carbocycles. The Morgan fingerprint density at radius 3 is 2.66 bits per heavy atom. The monoisotopic (exact) mass is 507 g/mol. The van der Waals surface area contributed by atoms with Gasteiger partial charge in [-0.2, -0.15) is 18.2 Å². The van der Waals surface area contributed by atoms with Crippen molar-refractivity contribution in [2.75, 3.05) is 35.7 Å². The van der Waals surface area contributed by atoms with Crippen LogP contribution in [0.15, 0.2) is 42.5 Å². The van der Waals surface area contributed by atoms with Crippen LogP contribution in [0.4, 0.5) is 24.9 Å². The Bertz CT molecular complexity index is 1180. The van der Waals surface area contributed by atoms with E-state index in [1.807, 2.05) is 12.2 Å². The van der Waals surface area contributed by atoms with Gasteiger partial charge in [0.15, 0.2) is 5.82 Å². The van der Waals surface area contributed by atoms with Gasteiger partial charge in [0.05, 0.1) is 17.3 Å². The molecule has 35 heavy (non-hydrogen) atoms. The van der Waals surface area contributed by atoms with E-state index in [1.54, 1.807) is 44.4 Å². The molecular formula is C24H28F3N5O2S. The highest BCUT2D eigenvalue weighted by Crippen LogP contribution is 2.25. The maximum absolute atomic E-state index is 12.9. The molecule has 0 amide bonds. The second-order valence-electron chi connectivity index (χ2n) is 7.41. The number of aliphatic hydroxyl groups is 1. The molecule has 2 rings (SSSR count). The molecule has 0 spiro atoms. The van der Waals surface area contributed by atoms with Gasteiger partial charge in [-0.05, 0) is 31.6 Å². The minimum Gasteiger partial charge on any atom is -0.389 e. The lowest BCUT2D eigenvalue weighted by atomic mass is 10.1. The standard InChI is InChI=1S/C24H28F3N5O2S/c1-4-5-6-7-8-14-28-23-31-20-12-11-19(18(10-9-17(2)33)13-15-35(3)34)30-21(20)22(32-23)29-16-24(25,26)27/h7-13,17,33H,6,14-16H2,1-3H3,(H2,28,29,31,32)/b8-7+,10-9-,18-13+. The highest BCUT2D eigenvalue weighted by atomic mass is 32.2. The van der Waals surface area contributed by atoms with Crippen LogP contribution in [0.25, 0.3) is 16.6 Å². The van der Waals surface area contributed by atoms with Crippen molar-refractivity contribution < 1.29 is 22.5 Å². The fourth-order valence-electron chi connectivity index (χ4n) is 2.75. The van der Waals surface area contributed by atoms with E-state index in [4.69, 9.17) is 0 Å². The minimum absolute atomic E-state index is 0.0737. The third-order valence-electron chi connectivity index (χ3n) is 4.33. The van der Waals surface area contributed by atoms with Crippen LogP contribution >= 0.6 is 0 Å². The number of aromatic nitrogens is 3. The van der Waals surface area contributed by atoms with E-state index in [2.05, 4.69) is 37.4 Å². The van der Waals surface area contributed by atoms with Gasteiger partial charge in [0, 0.05) is 35.8 Å². The van der Waals surface area contributed by atoms with Gasteiger partial charge in [0.1, 0.15) is 12.1 Å². The molecular weight excluding hydrogens is 479 g/mol. The Labute approximate surface area is 205 Å². The second kappa shape index (κ2) is 13.6. The average Bonchev–Trinajstić information content (AvgIpc) is 2.78. The van der Waals surface area contributed by atoms with Crippen LogP contribution in [-0.2, 0) is 10.8 Å². The number of aliphatic hydroxyl groups excluding tert-OH is 1. The first kappa shape index (κ1) is 28.0. The van der Waals surface area contributed by atoms with E-state index in [0.29, 0.717) is 29.7 Å². The van der Waals surface area contributed by atoms with Gasteiger partial charge in [-0.25, -0.2) is 9.97 Å². The van der Waals surface area contributed by atoms with Crippen LogP contribution in [0, 0.1) is 11.8 Å². The molecule has 188 valence electrons. The van der Waals surface area contributed by atoms with Gasteiger partial charge in [-0.1, -0.05) is 36.3 Å². The first-order valence-electron chi connectivity index (χ1n) is 10.7. The maximum atomic E-state index is 12.9. The Balaban J connectivity index is 2.47. The normalized spacial score (nSPS) is 14.2. The summed E-state index contributed by atoms with van der Waals surface area (Å²) in [7, 11) is -1.11. The van der Waals surface area contributed by atoms with E-state index in [1.165, 1.54) is 6.08 Å². The lowest BCUT2D eigenvalue weighted by molar-refractivity contribution is -0.115. The van der Waals surface area contributed by atoms with Crippen molar-refractivity contribution in [1.82, 2.24) is 15.0 Å². The van der Waals surface area contributed by atoms with Gasteiger partial charge in [-0.3, -0.25) is 4.21 Å². The number of anilines is 2. The molecule has 2 atom stereocenters. The van der Waals surface area contributed by atoms with Crippen LogP contribution in [0.5, 0.6) is 0 Å². The lowest BCUT2D eigenvalue weighted by Crippen LogP contribution is -2.22. The predicted octanol–water partition coefficient (Wildman–Crippen LogP) is 4.08. The number of alkyl halides is 3. The number of hydrogen-bond donors (Lipinski definition) is 3. The van der Waals surface area contributed by atoms with E-state index in [9.17, 15) is 22.5 Å². The molecule has 2 heterocycles. The van der Waals surface area contributed by atoms with Crippen molar-refractivity contribution in [2.24, 2.45) is 0 Å². The maximum Gasteiger partial charge on any atom is 0.405 e. The molecule has 0 saturated heterocycles. The minimum atomic E-state index is -4.46. The Hall–Kier alpha value is -3.23. The quantitative estimate of drug-likeness (QED) is 0.239. The van der Waals surface area contributed by atoms with Crippen LogP contribution in [0.2, 0.25) is 0 Å². The molecule has 0 radical (unpaired) electrons. The fraction of sp³-hybridized carbons (Fsp3) is 0.375. The summed E-state index contributed by atoms with van der Waals surface area (Å²) >= 11 is 0. The van der Waals surface area contributed by atoms with Gasteiger partial charge < -0.3 is 15.7 Å². The molecule has 2 aromatic rings. The van der Waals surface area contributed by atoms with Crippen LogP contribution in [0.3, 0.4) is 0 Å². The van der Waals surface area contributed by atoms with Crippen LogP contribution in [-0.4, -0.2) is 61.6 Å². The van der Waals surface area contributed by atoms with Crippen molar-refractivity contribution in [3.05, 3.63) is 48.2 Å². The summed E-state index contributed by atoms with van der Waals surface area (Å²) in [6.07, 6.45) is 5.49. The summed E-state index contributed by atoms with van der Waals surface area (Å²) in [5.74, 6) is 5.99. The average molecular weight is 508 g/mol. The Morgan fingerprint density at radius 1 is 1.23 bits per heavy atom. The molecule has 11 heteroatoms. The zero-order valence-electron chi connectivity index (χ0n) is 19.7. The van der Waals surface area contributed by atoms with E-state index < -0.39 is 29.6 Å². The second-order valence-corrected chi connectivity index (χ2v) is 8.89. The molecule has 0 aliphatic carbocycles. The molecule has 0 saturated carbocycles. The van der Waals surface area contributed by atoms with E-state index in [-0.39, 0.29) is 23.0 Å². The summed E-state index contributed by atoms with van der Waals surface area (Å²) in [4.78, 5) is 13.1. The van der Waals surface area contributed by atoms with Gasteiger partial charge in [0.25, 0.3) is 0 Å². The third-order valence-corrected chi connectivity index (χ3v) is 4.96. The molecule has 0 bridgehead atoms. The molecule has 0 fully saturated rings. The van der Waals surface area contributed by atoms with Crippen LogP contribution < -0.4 is 10.6 Å². The predicted molar refractivity (Wildman–Crippen MR) is 135 cm³/mol. The van der Waals surface area contributed by atoms with Crippen molar-refractivity contribution in [2.45, 2.75) is 32.5 Å². The zero-order chi connectivity index (χ0) is 25.8. The number of nitrogens with zero attached hydrogens (tertiary/aromatic N) is 3. The van der Waals surface area contributed by atoms with Crippen molar-refractivity contribution in [3.8, 4) is 11.8 Å². The fourth-order valence-corrected chi connectivity index (χ4v) is 3.16. The SMILES string of the molecule is CC#CC/C=C/CNc1nc(NCC(F)(F)F)c2nc(C(/C=C\C(C)O)=C/CS(C)=O)ccc2n1. The van der Waals surface area contributed by atoms with Crippen LogP contribution in [0.1, 0.15) is 26.0 Å². The number of halogens is 3. The zero-order valence-corrected chi connectivity index (χ0v) is 20.5. The molecule has 3 N–H and O–H groups in total. The molecule has 2 unspecified atom stereocenters. The molecule has 7 nitrogen and oxygen atoms in total. The van der Waals surface area contributed by atoms with Gasteiger partial charge in [0.2, 0.25) is 5.95 Å². The van der Waals surface area contributed by atoms with Crippen molar-refractivity contribution in [1.29, 1.82) is 0 Å². The molecule has 0 aliphatic heterocycles. The van der Waals surface area contributed by atoms with Gasteiger partial charge >= 0.3 is 6.18 Å². The van der Waals surface area contributed by atoms with Gasteiger partial charge in [-0.15, -0.1) is 5.92 Å². The first-order chi connectivity index (χ1) is 16.6. The number of pyridine rings is 1. The lowest BCUT2D eigenvalue weighted by Gasteiger charge is -2.13. The summed E-state index contributed by atoms with van der Waals surface area (Å²) in [5.41, 5.74) is 1.47. The summed E-state index contributed by atoms with van der Waals surface area (Å²) < 4.78 is 50.3. The van der Waals surface area contributed by atoms with Crippen molar-refractivity contribution >= 4 is 39.2 Å². The topological polar surface area (TPSA) is 100 Å². The third kappa shape index (κ3) is 10.3. The van der Waals surface area contributed by atoms with E-state index in [0.717, 1.165) is 0 Å². The largest absolute Gasteiger partial charge is 0.405 e. The number of fused-ring (bicyclic) bond motifs is 1.